The summed E-state index contributed by atoms with van der Waals surface area (Å²) in [5, 5.41) is 0. The molecule has 18 heavy (non-hydrogen) atoms. The number of benzene rings is 1. The SMILES string of the molecule is COc1ccc(Br)cc1C(O[Si](C)C)C(C)(C)C. The highest BCUT2D eigenvalue weighted by Gasteiger charge is 2.30. The molecule has 4 heteroatoms. The second kappa shape index (κ2) is 6.22. The first kappa shape index (κ1) is 15.7. The van der Waals surface area contributed by atoms with E-state index >= 15 is 0 Å². The lowest BCUT2D eigenvalue weighted by atomic mass is 9.84. The van der Waals surface area contributed by atoms with Crippen molar-refractivity contribution in [3.8, 4) is 5.75 Å². The Labute approximate surface area is 121 Å². The highest BCUT2D eigenvalue weighted by atomic mass is 79.9. The Morgan fingerprint density at radius 3 is 2.28 bits per heavy atom. The van der Waals surface area contributed by atoms with Crippen molar-refractivity contribution in [2.75, 3.05) is 7.11 Å². The molecule has 101 valence electrons. The molecule has 1 rings (SSSR count). The number of halogens is 1. The maximum absolute atomic E-state index is 6.20. The first-order valence-corrected chi connectivity index (χ1v) is 9.26. The Hall–Kier alpha value is -0.323. The van der Waals surface area contributed by atoms with E-state index < -0.39 is 9.04 Å². The molecule has 0 saturated carbocycles. The van der Waals surface area contributed by atoms with Crippen LogP contribution in [0.25, 0.3) is 0 Å². The van der Waals surface area contributed by atoms with Crippen molar-refractivity contribution in [3.05, 3.63) is 28.2 Å². The molecule has 0 spiro atoms. The molecule has 0 saturated heterocycles. The van der Waals surface area contributed by atoms with E-state index in [2.05, 4.69) is 55.9 Å². The quantitative estimate of drug-likeness (QED) is 0.738. The number of hydrogen-bond acceptors (Lipinski definition) is 2. The summed E-state index contributed by atoms with van der Waals surface area (Å²) in [6.07, 6.45) is 0.0499. The van der Waals surface area contributed by atoms with Crippen molar-refractivity contribution in [2.24, 2.45) is 5.41 Å². The van der Waals surface area contributed by atoms with E-state index in [9.17, 15) is 0 Å². The maximum Gasteiger partial charge on any atom is 0.205 e. The molecular weight excluding hydrogens is 308 g/mol. The molecule has 1 atom stereocenters. The fraction of sp³-hybridized carbons (Fsp3) is 0.571. The predicted molar refractivity (Wildman–Crippen MR) is 81.5 cm³/mol. The van der Waals surface area contributed by atoms with Gasteiger partial charge in [0, 0.05) is 10.0 Å². The van der Waals surface area contributed by atoms with E-state index in [0.29, 0.717) is 0 Å². The van der Waals surface area contributed by atoms with Crippen molar-refractivity contribution >= 4 is 25.0 Å². The van der Waals surface area contributed by atoms with Gasteiger partial charge in [0.2, 0.25) is 9.04 Å². The van der Waals surface area contributed by atoms with Crippen LogP contribution < -0.4 is 4.74 Å². The van der Waals surface area contributed by atoms with Crippen LogP contribution in [0.5, 0.6) is 5.75 Å². The smallest absolute Gasteiger partial charge is 0.205 e. The van der Waals surface area contributed by atoms with Crippen molar-refractivity contribution < 1.29 is 9.16 Å². The minimum atomic E-state index is -0.771. The summed E-state index contributed by atoms with van der Waals surface area (Å²) in [6.45, 7) is 10.9. The largest absolute Gasteiger partial charge is 0.496 e. The van der Waals surface area contributed by atoms with Gasteiger partial charge in [-0.3, -0.25) is 0 Å². The first-order chi connectivity index (χ1) is 8.25. The summed E-state index contributed by atoms with van der Waals surface area (Å²) in [5.41, 5.74) is 1.15. The van der Waals surface area contributed by atoms with Gasteiger partial charge in [-0.25, -0.2) is 0 Å². The summed E-state index contributed by atoms with van der Waals surface area (Å²) < 4.78 is 12.7. The average molecular weight is 330 g/mol. The Morgan fingerprint density at radius 1 is 1.22 bits per heavy atom. The molecule has 0 aliphatic heterocycles. The maximum atomic E-state index is 6.20. The normalized spacial score (nSPS) is 13.8. The molecular formula is C14H22BrO2Si. The van der Waals surface area contributed by atoms with Gasteiger partial charge in [0.05, 0.1) is 13.2 Å². The third kappa shape index (κ3) is 4.11. The second-order valence-electron chi connectivity index (χ2n) is 5.66. The summed E-state index contributed by atoms with van der Waals surface area (Å²) >= 11 is 3.52. The predicted octanol–water partition coefficient (Wildman–Crippen LogP) is 4.81. The summed E-state index contributed by atoms with van der Waals surface area (Å²) in [6, 6.07) is 6.07. The van der Waals surface area contributed by atoms with E-state index in [1.165, 1.54) is 0 Å². The molecule has 2 nitrogen and oxygen atoms in total. The molecule has 1 aromatic rings. The monoisotopic (exact) mass is 329 g/mol. The fourth-order valence-corrected chi connectivity index (χ4v) is 3.18. The first-order valence-electron chi connectivity index (χ1n) is 6.06. The van der Waals surface area contributed by atoms with Gasteiger partial charge in [0.25, 0.3) is 0 Å². The highest BCUT2D eigenvalue weighted by Crippen LogP contribution is 2.41. The molecule has 1 unspecified atom stereocenters. The van der Waals surface area contributed by atoms with Crippen LogP contribution in [-0.2, 0) is 4.43 Å². The average Bonchev–Trinajstić information content (AvgIpc) is 2.24. The molecule has 0 heterocycles. The highest BCUT2D eigenvalue weighted by molar-refractivity contribution is 9.10. The third-order valence-electron chi connectivity index (χ3n) is 2.61. The van der Waals surface area contributed by atoms with Crippen LogP contribution in [0, 0.1) is 5.41 Å². The second-order valence-corrected chi connectivity index (χ2v) is 8.63. The molecule has 0 N–H and O–H groups in total. The van der Waals surface area contributed by atoms with Crippen LogP contribution in [0.15, 0.2) is 22.7 Å². The van der Waals surface area contributed by atoms with Crippen molar-refractivity contribution in [1.82, 2.24) is 0 Å². The van der Waals surface area contributed by atoms with Crippen LogP contribution in [-0.4, -0.2) is 16.2 Å². The molecule has 0 bridgehead atoms. The third-order valence-corrected chi connectivity index (χ3v) is 3.81. The van der Waals surface area contributed by atoms with E-state index in [4.69, 9.17) is 9.16 Å². The van der Waals surface area contributed by atoms with Crippen molar-refractivity contribution in [3.63, 3.8) is 0 Å². The van der Waals surface area contributed by atoms with Gasteiger partial charge in [0.1, 0.15) is 5.75 Å². The van der Waals surface area contributed by atoms with Gasteiger partial charge in [0.15, 0.2) is 0 Å². The zero-order valence-corrected chi connectivity index (χ0v) is 14.6. The molecule has 0 aliphatic rings. The molecule has 0 aliphatic carbocycles. The fourth-order valence-electron chi connectivity index (χ4n) is 1.85. The van der Waals surface area contributed by atoms with Crippen LogP contribution in [0.4, 0.5) is 0 Å². The number of hydrogen-bond donors (Lipinski definition) is 0. The lowest BCUT2D eigenvalue weighted by molar-refractivity contribution is 0.0840. The standard InChI is InChI=1S/C14H22BrO2Si/c1-14(2,3)13(17-18(5)6)11-9-10(15)7-8-12(11)16-4/h7-9,13H,1-6H3. The zero-order valence-electron chi connectivity index (χ0n) is 12.0. The minimum Gasteiger partial charge on any atom is -0.496 e. The summed E-state index contributed by atoms with van der Waals surface area (Å²) in [4.78, 5) is 0. The molecule has 1 aromatic carbocycles. The van der Waals surface area contributed by atoms with Crippen LogP contribution in [0.3, 0.4) is 0 Å². The van der Waals surface area contributed by atoms with E-state index in [1.54, 1.807) is 7.11 Å². The van der Waals surface area contributed by atoms with Crippen molar-refractivity contribution in [1.29, 1.82) is 0 Å². The Bertz CT molecular complexity index is 399. The minimum absolute atomic E-state index is 0.0377. The van der Waals surface area contributed by atoms with Gasteiger partial charge in [-0.1, -0.05) is 36.7 Å². The number of ether oxygens (including phenoxy) is 1. The van der Waals surface area contributed by atoms with Gasteiger partial charge in [-0.05, 0) is 36.7 Å². The summed E-state index contributed by atoms with van der Waals surface area (Å²) in [7, 11) is 0.934. The van der Waals surface area contributed by atoms with Gasteiger partial charge in [-0.2, -0.15) is 0 Å². The van der Waals surface area contributed by atoms with E-state index in [0.717, 1.165) is 15.8 Å². The molecule has 0 amide bonds. The molecule has 0 aromatic heterocycles. The topological polar surface area (TPSA) is 18.5 Å². The van der Waals surface area contributed by atoms with Crippen LogP contribution in [0.2, 0.25) is 13.1 Å². The van der Waals surface area contributed by atoms with Gasteiger partial charge < -0.3 is 9.16 Å². The molecule has 0 fully saturated rings. The van der Waals surface area contributed by atoms with Crippen molar-refractivity contribution in [2.45, 2.75) is 40.0 Å². The summed E-state index contributed by atoms with van der Waals surface area (Å²) in [5.74, 6) is 0.890. The Kier molecular flexibility index (Phi) is 5.43. The molecule has 1 radical (unpaired) electrons. The van der Waals surface area contributed by atoms with Crippen LogP contribution >= 0.6 is 15.9 Å². The number of rotatable bonds is 4. The lowest BCUT2D eigenvalue weighted by Crippen LogP contribution is -2.26. The van der Waals surface area contributed by atoms with Gasteiger partial charge in [-0.15, -0.1) is 0 Å². The van der Waals surface area contributed by atoms with Gasteiger partial charge >= 0.3 is 0 Å². The lowest BCUT2D eigenvalue weighted by Gasteiger charge is -2.33. The zero-order chi connectivity index (χ0) is 13.9. The van der Waals surface area contributed by atoms with E-state index in [1.807, 2.05) is 12.1 Å². The van der Waals surface area contributed by atoms with Crippen LogP contribution in [0.1, 0.15) is 32.4 Å². The van der Waals surface area contributed by atoms with E-state index in [-0.39, 0.29) is 11.5 Å². The number of methoxy groups -OCH3 is 1. The Balaban J connectivity index is 3.23. The Morgan fingerprint density at radius 2 is 1.83 bits per heavy atom.